The zero-order valence-electron chi connectivity index (χ0n) is 21.6. The molecule has 1 saturated heterocycles. The Balaban J connectivity index is 1.80. The fourth-order valence-corrected chi connectivity index (χ4v) is 4.39. The Labute approximate surface area is 226 Å². The SMILES string of the molecule is NC(=O)CCC(NC(=O)C(Cc1ccccc1)NC(=O)C(Cc1ccccc1)NC(=O)C1CCCN1)C(=O)O. The van der Waals surface area contributed by atoms with Crippen molar-refractivity contribution in [3.63, 3.8) is 0 Å². The highest BCUT2D eigenvalue weighted by Gasteiger charge is 2.32. The van der Waals surface area contributed by atoms with Crippen LogP contribution in [0.1, 0.15) is 36.8 Å². The third kappa shape index (κ3) is 9.53. The zero-order chi connectivity index (χ0) is 28.2. The van der Waals surface area contributed by atoms with Crippen molar-refractivity contribution in [1.82, 2.24) is 21.3 Å². The molecule has 0 bridgehead atoms. The summed E-state index contributed by atoms with van der Waals surface area (Å²) >= 11 is 0. The minimum absolute atomic E-state index is 0.0801. The monoisotopic (exact) mass is 537 g/mol. The summed E-state index contributed by atoms with van der Waals surface area (Å²) in [5.41, 5.74) is 6.70. The second-order valence-corrected chi connectivity index (χ2v) is 9.56. The molecular formula is C28H35N5O6. The van der Waals surface area contributed by atoms with Crippen molar-refractivity contribution < 1.29 is 29.1 Å². The second-order valence-electron chi connectivity index (χ2n) is 9.56. The standard InChI is InChI=1S/C28H35N5O6/c29-24(34)14-13-21(28(38)39)31-26(36)22(16-18-8-3-1-4-9-18)33-27(37)23(17-19-10-5-2-6-11-19)32-25(35)20-12-7-15-30-20/h1-6,8-11,20-23,30H,7,12-17H2,(H2,29,34)(H,31,36)(H,32,35)(H,33,37)(H,38,39). The number of aliphatic carboxylic acids is 1. The summed E-state index contributed by atoms with van der Waals surface area (Å²) in [6, 6.07) is 14.2. The van der Waals surface area contributed by atoms with E-state index in [0.29, 0.717) is 13.0 Å². The molecule has 4 amide bonds. The summed E-state index contributed by atoms with van der Waals surface area (Å²) < 4.78 is 0. The third-order valence-corrected chi connectivity index (χ3v) is 6.50. The number of carbonyl (C=O) groups is 5. The van der Waals surface area contributed by atoms with E-state index < -0.39 is 47.9 Å². The van der Waals surface area contributed by atoms with Gasteiger partial charge in [-0.3, -0.25) is 19.2 Å². The zero-order valence-corrected chi connectivity index (χ0v) is 21.6. The van der Waals surface area contributed by atoms with Crippen LogP contribution in [0.25, 0.3) is 0 Å². The van der Waals surface area contributed by atoms with Crippen molar-refractivity contribution in [1.29, 1.82) is 0 Å². The lowest BCUT2D eigenvalue weighted by atomic mass is 10.0. The van der Waals surface area contributed by atoms with E-state index >= 15 is 0 Å². The number of carboxylic acid groups (broad SMARTS) is 1. The average Bonchev–Trinajstić information content (AvgIpc) is 3.46. The molecule has 7 N–H and O–H groups in total. The highest BCUT2D eigenvalue weighted by Crippen LogP contribution is 2.10. The number of hydrogen-bond acceptors (Lipinski definition) is 6. The first-order valence-electron chi connectivity index (χ1n) is 13.0. The molecule has 1 aliphatic heterocycles. The van der Waals surface area contributed by atoms with Crippen molar-refractivity contribution in [3.8, 4) is 0 Å². The predicted molar refractivity (Wildman–Crippen MR) is 143 cm³/mol. The average molecular weight is 538 g/mol. The quantitative estimate of drug-likeness (QED) is 0.197. The molecule has 4 unspecified atom stereocenters. The topological polar surface area (TPSA) is 180 Å². The number of benzene rings is 2. The van der Waals surface area contributed by atoms with E-state index in [9.17, 15) is 29.1 Å². The van der Waals surface area contributed by atoms with Gasteiger partial charge in [-0.2, -0.15) is 0 Å². The Morgan fingerprint density at radius 1 is 0.821 bits per heavy atom. The van der Waals surface area contributed by atoms with Crippen molar-refractivity contribution >= 4 is 29.6 Å². The van der Waals surface area contributed by atoms with Crippen molar-refractivity contribution in [3.05, 3.63) is 71.8 Å². The molecule has 1 heterocycles. The number of nitrogens with two attached hydrogens (primary N) is 1. The Kier molecular flexibility index (Phi) is 11.0. The largest absolute Gasteiger partial charge is 0.480 e. The van der Waals surface area contributed by atoms with Gasteiger partial charge in [-0.1, -0.05) is 60.7 Å². The molecule has 4 atom stereocenters. The molecule has 11 nitrogen and oxygen atoms in total. The maximum atomic E-state index is 13.5. The van der Waals surface area contributed by atoms with E-state index in [0.717, 1.165) is 17.5 Å². The first-order chi connectivity index (χ1) is 18.7. The lowest BCUT2D eigenvalue weighted by Gasteiger charge is -2.25. The Bertz CT molecular complexity index is 1140. The van der Waals surface area contributed by atoms with Crippen LogP contribution in [0.5, 0.6) is 0 Å². The maximum Gasteiger partial charge on any atom is 0.326 e. The van der Waals surface area contributed by atoms with E-state index in [2.05, 4.69) is 21.3 Å². The van der Waals surface area contributed by atoms with Gasteiger partial charge in [0.25, 0.3) is 0 Å². The van der Waals surface area contributed by atoms with Gasteiger partial charge in [0.15, 0.2) is 0 Å². The smallest absolute Gasteiger partial charge is 0.326 e. The maximum absolute atomic E-state index is 13.5. The molecule has 39 heavy (non-hydrogen) atoms. The Morgan fingerprint density at radius 3 is 1.79 bits per heavy atom. The number of carboxylic acids is 1. The number of rotatable bonds is 14. The van der Waals surface area contributed by atoms with Gasteiger partial charge in [-0.25, -0.2) is 4.79 Å². The summed E-state index contributed by atoms with van der Waals surface area (Å²) in [6.45, 7) is 0.716. The number of carbonyl (C=O) groups excluding carboxylic acids is 4. The Hall–Kier alpha value is -4.25. The highest BCUT2D eigenvalue weighted by atomic mass is 16.4. The number of nitrogens with one attached hydrogen (secondary N) is 4. The molecule has 2 aromatic rings. The lowest BCUT2D eigenvalue weighted by Crippen LogP contribution is -2.58. The van der Waals surface area contributed by atoms with Crippen LogP contribution < -0.4 is 27.0 Å². The summed E-state index contributed by atoms with van der Waals surface area (Å²) in [7, 11) is 0. The molecule has 0 saturated carbocycles. The molecule has 2 aromatic carbocycles. The molecule has 0 aromatic heterocycles. The number of amides is 4. The van der Waals surface area contributed by atoms with Gasteiger partial charge in [-0.05, 0) is 36.9 Å². The molecule has 1 aliphatic rings. The van der Waals surface area contributed by atoms with E-state index in [1.807, 2.05) is 36.4 Å². The van der Waals surface area contributed by atoms with Crippen LogP contribution in [-0.4, -0.2) is 65.4 Å². The summed E-state index contributed by atoms with van der Waals surface area (Å²) in [6.07, 6.45) is 1.37. The van der Waals surface area contributed by atoms with E-state index in [4.69, 9.17) is 5.73 Å². The molecule has 0 spiro atoms. The fourth-order valence-electron chi connectivity index (χ4n) is 4.39. The molecule has 208 valence electrons. The molecular weight excluding hydrogens is 502 g/mol. The summed E-state index contributed by atoms with van der Waals surface area (Å²) in [5, 5.41) is 20.6. The van der Waals surface area contributed by atoms with Crippen LogP contribution in [0.2, 0.25) is 0 Å². The second kappa shape index (κ2) is 14.6. The van der Waals surface area contributed by atoms with Gasteiger partial charge < -0.3 is 32.1 Å². The van der Waals surface area contributed by atoms with Crippen molar-refractivity contribution in [2.24, 2.45) is 5.73 Å². The first-order valence-corrected chi connectivity index (χ1v) is 13.0. The van der Waals surface area contributed by atoms with Gasteiger partial charge in [0.2, 0.25) is 23.6 Å². The van der Waals surface area contributed by atoms with E-state index in [1.165, 1.54) is 0 Å². The molecule has 0 aliphatic carbocycles. The molecule has 11 heteroatoms. The van der Waals surface area contributed by atoms with Crippen LogP contribution in [-0.2, 0) is 36.8 Å². The summed E-state index contributed by atoms with van der Waals surface area (Å²) in [5.74, 6) is -3.63. The number of hydrogen-bond donors (Lipinski definition) is 6. The van der Waals surface area contributed by atoms with Crippen molar-refractivity contribution in [2.75, 3.05) is 6.54 Å². The van der Waals surface area contributed by atoms with Crippen LogP contribution in [0.15, 0.2) is 60.7 Å². The minimum atomic E-state index is -1.37. The fraction of sp³-hybridized carbons (Fsp3) is 0.393. The number of primary amides is 1. The summed E-state index contributed by atoms with van der Waals surface area (Å²) in [4.78, 5) is 62.5. The Morgan fingerprint density at radius 2 is 1.33 bits per heavy atom. The molecule has 1 fully saturated rings. The highest BCUT2D eigenvalue weighted by molar-refractivity contribution is 5.94. The van der Waals surface area contributed by atoms with Gasteiger partial charge in [0.05, 0.1) is 6.04 Å². The van der Waals surface area contributed by atoms with Gasteiger partial charge >= 0.3 is 5.97 Å². The van der Waals surface area contributed by atoms with Crippen LogP contribution in [0.3, 0.4) is 0 Å². The van der Waals surface area contributed by atoms with Gasteiger partial charge in [0.1, 0.15) is 18.1 Å². The van der Waals surface area contributed by atoms with Crippen molar-refractivity contribution in [2.45, 2.75) is 62.7 Å². The molecule has 0 radical (unpaired) electrons. The third-order valence-electron chi connectivity index (χ3n) is 6.50. The molecule has 3 rings (SSSR count). The van der Waals surface area contributed by atoms with E-state index in [1.54, 1.807) is 24.3 Å². The van der Waals surface area contributed by atoms with Crippen LogP contribution >= 0.6 is 0 Å². The van der Waals surface area contributed by atoms with Gasteiger partial charge in [-0.15, -0.1) is 0 Å². The normalized spacial score (nSPS) is 16.9. The van der Waals surface area contributed by atoms with E-state index in [-0.39, 0.29) is 31.6 Å². The first kappa shape index (κ1) is 29.3. The van der Waals surface area contributed by atoms with Gasteiger partial charge in [0, 0.05) is 19.3 Å². The minimum Gasteiger partial charge on any atom is -0.480 e. The van der Waals surface area contributed by atoms with Crippen LogP contribution in [0, 0.1) is 0 Å². The van der Waals surface area contributed by atoms with Crippen LogP contribution in [0.4, 0.5) is 0 Å². The lowest BCUT2D eigenvalue weighted by molar-refractivity contribution is -0.142. The predicted octanol–water partition coefficient (Wildman–Crippen LogP) is 0.0283.